The van der Waals surface area contributed by atoms with Crippen molar-refractivity contribution in [2.24, 2.45) is 0 Å². The Morgan fingerprint density at radius 2 is 2.29 bits per heavy atom. The molecule has 0 aliphatic rings. The first-order valence-electron chi connectivity index (χ1n) is 1.43. The average Bonchev–Trinajstić information content (AvgIpc) is 1.61. The molecule has 0 fully saturated rings. The highest BCUT2D eigenvalue weighted by Gasteiger charge is 1.66. The largest absolute Gasteiger partial charge is 0.251 e. The van der Waals surface area contributed by atoms with Gasteiger partial charge in [0.15, 0.2) is 0 Å². The minimum atomic E-state index is -0.0868. The van der Waals surface area contributed by atoms with Crippen molar-refractivity contribution in [3.05, 3.63) is 12.4 Å². The van der Waals surface area contributed by atoms with E-state index in [0.29, 0.717) is 6.33 Å². The molecule has 0 aromatic heterocycles. The van der Waals surface area contributed by atoms with Gasteiger partial charge in [-0.2, -0.15) is 0 Å². The van der Waals surface area contributed by atoms with Crippen LogP contribution in [0.25, 0.3) is 0 Å². The third-order valence-corrected chi connectivity index (χ3v) is 0.260. The van der Waals surface area contributed by atoms with Gasteiger partial charge in [-0.15, -0.1) is 0 Å². The standard InChI is InChI=1S/C3H5FO2.CH4/c4-2-1-3-6-5;/h1-2,5H,3H2;1H4. The van der Waals surface area contributed by atoms with Crippen LogP contribution in [0.5, 0.6) is 0 Å². The van der Waals surface area contributed by atoms with E-state index in [4.69, 9.17) is 5.26 Å². The van der Waals surface area contributed by atoms with E-state index in [0.717, 1.165) is 6.08 Å². The first-order chi connectivity index (χ1) is 2.91. The van der Waals surface area contributed by atoms with Gasteiger partial charge in [0, 0.05) is 0 Å². The van der Waals surface area contributed by atoms with Gasteiger partial charge in [-0.25, -0.2) is 9.28 Å². The minimum absolute atomic E-state index is 0. The molecule has 0 amide bonds. The van der Waals surface area contributed by atoms with Crippen molar-refractivity contribution >= 4 is 0 Å². The van der Waals surface area contributed by atoms with Crippen molar-refractivity contribution in [2.45, 2.75) is 7.43 Å². The van der Waals surface area contributed by atoms with E-state index in [1.54, 1.807) is 0 Å². The summed E-state index contributed by atoms with van der Waals surface area (Å²) in [7, 11) is 0. The summed E-state index contributed by atoms with van der Waals surface area (Å²) >= 11 is 0. The summed E-state index contributed by atoms with van der Waals surface area (Å²) in [5.74, 6) is 0. The van der Waals surface area contributed by atoms with Crippen LogP contribution in [0.1, 0.15) is 7.43 Å². The molecule has 0 heterocycles. The van der Waals surface area contributed by atoms with Crippen LogP contribution in [0, 0.1) is 0 Å². The van der Waals surface area contributed by atoms with Crippen LogP contribution in [0.3, 0.4) is 0 Å². The van der Waals surface area contributed by atoms with Crippen LogP contribution >= 0.6 is 0 Å². The molecule has 0 saturated heterocycles. The molecule has 7 heavy (non-hydrogen) atoms. The van der Waals surface area contributed by atoms with Crippen LogP contribution < -0.4 is 0 Å². The van der Waals surface area contributed by atoms with E-state index in [1.165, 1.54) is 0 Å². The van der Waals surface area contributed by atoms with Gasteiger partial charge < -0.3 is 0 Å². The van der Waals surface area contributed by atoms with E-state index in [1.807, 2.05) is 0 Å². The molecule has 3 heteroatoms. The van der Waals surface area contributed by atoms with E-state index in [9.17, 15) is 4.39 Å². The summed E-state index contributed by atoms with van der Waals surface area (Å²) in [6, 6.07) is 0. The Labute approximate surface area is 42.2 Å². The Kier molecular flexibility index (Phi) is 12.8. The predicted octanol–water partition coefficient (Wildman–Crippen LogP) is 1.60. The van der Waals surface area contributed by atoms with Gasteiger partial charge >= 0.3 is 0 Å². The SMILES string of the molecule is C.OOCC=CF. The van der Waals surface area contributed by atoms with Crippen LogP contribution in [-0.2, 0) is 4.89 Å². The Bertz CT molecular complexity index is 45.0. The number of halogens is 1. The third kappa shape index (κ3) is 10.7. The molecule has 44 valence electrons. The van der Waals surface area contributed by atoms with E-state index < -0.39 is 0 Å². The van der Waals surface area contributed by atoms with Crippen molar-refractivity contribution in [1.82, 2.24) is 0 Å². The molecule has 0 atom stereocenters. The zero-order valence-corrected chi connectivity index (χ0v) is 3.10. The molecule has 0 unspecified atom stereocenters. The molecule has 0 aliphatic heterocycles. The van der Waals surface area contributed by atoms with Crippen molar-refractivity contribution in [3.63, 3.8) is 0 Å². The molecule has 2 nitrogen and oxygen atoms in total. The van der Waals surface area contributed by atoms with Gasteiger partial charge in [-0.1, -0.05) is 7.43 Å². The Morgan fingerprint density at radius 3 is 2.43 bits per heavy atom. The smallest absolute Gasteiger partial charge is 0.103 e. The summed E-state index contributed by atoms with van der Waals surface area (Å²) in [6.07, 6.45) is 1.34. The molecule has 0 saturated carbocycles. The van der Waals surface area contributed by atoms with Crippen LogP contribution in [-0.4, -0.2) is 11.9 Å². The first kappa shape index (κ1) is 9.77. The second-order valence-electron chi connectivity index (χ2n) is 0.657. The van der Waals surface area contributed by atoms with Gasteiger partial charge in [-0.05, 0) is 6.08 Å². The molecule has 0 spiro atoms. The van der Waals surface area contributed by atoms with Crippen LogP contribution in [0.2, 0.25) is 0 Å². The lowest BCUT2D eigenvalue weighted by atomic mass is 10.7. The minimum Gasteiger partial charge on any atom is -0.251 e. The molecule has 1 N–H and O–H groups in total. The highest BCUT2D eigenvalue weighted by atomic mass is 19.1. The molecule has 0 bridgehead atoms. The number of hydrogen-bond acceptors (Lipinski definition) is 2. The maximum absolute atomic E-state index is 10.8. The zero-order chi connectivity index (χ0) is 4.83. The molecular weight excluding hydrogens is 99.0 g/mol. The maximum Gasteiger partial charge on any atom is 0.103 e. The Morgan fingerprint density at radius 1 is 1.71 bits per heavy atom. The van der Waals surface area contributed by atoms with Gasteiger partial charge in [0.25, 0.3) is 0 Å². The third-order valence-electron chi connectivity index (χ3n) is 0.260. The van der Waals surface area contributed by atoms with Gasteiger partial charge in [0.2, 0.25) is 0 Å². The fourth-order valence-electron chi connectivity index (χ4n) is 0.0794. The van der Waals surface area contributed by atoms with Crippen LogP contribution in [0.4, 0.5) is 4.39 Å². The molecule has 0 aromatic carbocycles. The molecular formula is C4H9FO2. The highest BCUT2D eigenvalue weighted by molar-refractivity contribution is 4.69. The summed E-state index contributed by atoms with van der Waals surface area (Å²) < 4.78 is 10.8. The monoisotopic (exact) mass is 108 g/mol. The van der Waals surface area contributed by atoms with Gasteiger partial charge in [0.05, 0.1) is 6.33 Å². The number of hydrogen-bond donors (Lipinski definition) is 1. The summed E-state index contributed by atoms with van der Waals surface area (Å²) in [5.41, 5.74) is 0. The van der Waals surface area contributed by atoms with E-state index in [-0.39, 0.29) is 14.0 Å². The lowest BCUT2D eigenvalue weighted by molar-refractivity contribution is -0.232. The predicted molar refractivity (Wildman–Crippen MR) is 25.6 cm³/mol. The molecule has 0 aromatic rings. The average molecular weight is 108 g/mol. The Balaban J connectivity index is 0. The van der Waals surface area contributed by atoms with E-state index in [2.05, 4.69) is 4.89 Å². The van der Waals surface area contributed by atoms with Crippen molar-refractivity contribution < 1.29 is 14.5 Å². The normalized spacial score (nSPS) is 8.86. The summed E-state index contributed by atoms with van der Waals surface area (Å²) in [6.45, 7) is -0.0868. The fourth-order valence-corrected chi connectivity index (χ4v) is 0.0794. The topological polar surface area (TPSA) is 29.5 Å². The van der Waals surface area contributed by atoms with E-state index >= 15 is 0 Å². The molecule has 0 rings (SSSR count). The van der Waals surface area contributed by atoms with Crippen LogP contribution in [0.15, 0.2) is 12.4 Å². The van der Waals surface area contributed by atoms with Crippen molar-refractivity contribution in [2.75, 3.05) is 6.61 Å². The van der Waals surface area contributed by atoms with Gasteiger partial charge in [-0.3, -0.25) is 5.26 Å². The summed E-state index contributed by atoms with van der Waals surface area (Å²) in [5, 5.41) is 7.48. The second kappa shape index (κ2) is 9.14. The maximum atomic E-state index is 10.8. The molecule has 0 radical (unpaired) electrons. The lowest BCUT2D eigenvalue weighted by Gasteiger charge is -1.77. The van der Waals surface area contributed by atoms with Crippen molar-refractivity contribution in [1.29, 1.82) is 0 Å². The fraction of sp³-hybridized carbons (Fsp3) is 0.500. The molecule has 0 aliphatic carbocycles. The summed E-state index contributed by atoms with van der Waals surface area (Å²) in [4.78, 5) is 3.46. The lowest BCUT2D eigenvalue weighted by Crippen LogP contribution is -1.78. The quantitative estimate of drug-likeness (QED) is 0.430. The highest BCUT2D eigenvalue weighted by Crippen LogP contribution is 1.70. The second-order valence-corrected chi connectivity index (χ2v) is 0.657. The van der Waals surface area contributed by atoms with Gasteiger partial charge in [0.1, 0.15) is 6.61 Å². The Hall–Kier alpha value is -0.410. The zero-order valence-electron chi connectivity index (χ0n) is 3.10. The first-order valence-corrected chi connectivity index (χ1v) is 1.43. The van der Waals surface area contributed by atoms with Crippen molar-refractivity contribution in [3.8, 4) is 0 Å². The number of rotatable bonds is 2.